The fourth-order valence-electron chi connectivity index (χ4n) is 2.15. The van der Waals surface area contributed by atoms with Crippen LogP contribution in [0.2, 0.25) is 10.0 Å². The summed E-state index contributed by atoms with van der Waals surface area (Å²) in [6, 6.07) is 6.08. The highest BCUT2D eigenvalue weighted by molar-refractivity contribution is 6.35. The van der Waals surface area contributed by atoms with Gasteiger partial charge in [0, 0.05) is 22.5 Å². The smallest absolute Gasteiger partial charge is 0.328 e. The Kier molecular flexibility index (Phi) is 6.33. The number of halogens is 4. The summed E-state index contributed by atoms with van der Waals surface area (Å²) in [5.41, 5.74) is 0.152. The number of nitrogens with one attached hydrogen (secondary N) is 1. The van der Waals surface area contributed by atoms with Gasteiger partial charge in [0.15, 0.2) is 0 Å². The molecule has 1 amide bonds. The first-order valence-electron chi connectivity index (χ1n) is 7.09. The number of benzene rings is 2. The second-order valence-corrected chi connectivity index (χ2v) is 5.96. The van der Waals surface area contributed by atoms with Gasteiger partial charge in [0.05, 0.1) is 12.7 Å². The summed E-state index contributed by atoms with van der Waals surface area (Å²) < 4.78 is 31.3. The van der Waals surface area contributed by atoms with Crippen LogP contribution >= 0.6 is 23.2 Å². The largest absolute Gasteiger partial charge is 0.467 e. The first-order chi connectivity index (χ1) is 11.8. The molecule has 132 valence electrons. The van der Waals surface area contributed by atoms with Gasteiger partial charge in [-0.2, -0.15) is 0 Å². The fraction of sp³-hybridized carbons (Fsp3) is 0.176. The van der Waals surface area contributed by atoms with E-state index in [4.69, 9.17) is 23.2 Å². The van der Waals surface area contributed by atoms with Crippen molar-refractivity contribution in [2.45, 2.75) is 12.5 Å². The number of methoxy groups -OCH3 is 1. The number of carbonyl (C=O) groups is 2. The molecule has 0 heterocycles. The molecule has 0 aliphatic rings. The van der Waals surface area contributed by atoms with Crippen LogP contribution in [0.3, 0.4) is 0 Å². The average Bonchev–Trinajstić information content (AvgIpc) is 2.55. The van der Waals surface area contributed by atoms with Gasteiger partial charge < -0.3 is 10.1 Å². The van der Waals surface area contributed by atoms with E-state index in [0.29, 0.717) is 21.7 Å². The van der Waals surface area contributed by atoms with Crippen molar-refractivity contribution in [2.24, 2.45) is 0 Å². The molecule has 4 nitrogen and oxygen atoms in total. The Morgan fingerprint density at radius 2 is 1.88 bits per heavy atom. The molecule has 0 aromatic heterocycles. The van der Waals surface area contributed by atoms with Crippen LogP contribution < -0.4 is 5.32 Å². The van der Waals surface area contributed by atoms with E-state index < -0.39 is 35.1 Å². The molecule has 0 spiro atoms. The van der Waals surface area contributed by atoms with Crippen molar-refractivity contribution in [3.8, 4) is 0 Å². The van der Waals surface area contributed by atoms with Crippen LogP contribution in [0.25, 0.3) is 0 Å². The molecule has 25 heavy (non-hydrogen) atoms. The highest BCUT2D eigenvalue weighted by Gasteiger charge is 2.25. The van der Waals surface area contributed by atoms with Crippen molar-refractivity contribution >= 4 is 35.1 Å². The lowest BCUT2D eigenvalue weighted by Crippen LogP contribution is -2.43. The second-order valence-electron chi connectivity index (χ2n) is 5.11. The number of hydrogen-bond acceptors (Lipinski definition) is 3. The minimum absolute atomic E-state index is 0.0111. The number of carbonyl (C=O) groups excluding carboxylic acids is 2. The van der Waals surface area contributed by atoms with Crippen LogP contribution in [0.1, 0.15) is 15.9 Å². The maximum Gasteiger partial charge on any atom is 0.328 e. The topological polar surface area (TPSA) is 55.4 Å². The lowest BCUT2D eigenvalue weighted by molar-refractivity contribution is -0.142. The molecule has 0 radical (unpaired) electrons. The predicted octanol–water partition coefficient (Wildman–Crippen LogP) is 3.79. The van der Waals surface area contributed by atoms with Gasteiger partial charge in [-0.15, -0.1) is 0 Å². The van der Waals surface area contributed by atoms with Crippen LogP contribution in [0, 0.1) is 11.6 Å². The summed E-state index contributed by atoms with van der Waals surface area (Å²) in [7, 11) is 1.16. The summed E-state index contributed by atoms with van der Waals surface area (Å²) in [4.78, 5) is 24.1. The normalized spacial score (nSPS) is 11.7. The van der Waals surface area contributed by atoms with Crippen molar-refractivity contribution in [2.75, 3.05) is 7.11 Å². The highest BCUT2D eigenvalue weighted by atomic mass is 35.5. The van der Waals surface area contributed by atoms with E-state index in [1.807, 2.05) is 0 Å². The van der Waals surface area contributed by atoms with Gasteiger partial charge in [0.25, 0.3) is 5.91 Å². The Hall–Kier alpha value is -2.18. The van der Waals surface area contributed by atoms with E-state index in [2.05, 4.69) is 10.1 Å². The Labute approximate surface area is 152 Å². The summed E-state index contributed by atoms with van der Waals surface area (Å²) in [6.07, 6.45) is 0.0111. The second kappa shape index (κ2) is 8.27. The molecule has 2 aromatic carbocycles. The minimum Gasteiger partial charge on any atom is -0.467 e. The van der Waals surface area contributed by atoms with E-state index in [9.17, 15) is 18.4 Å². The van der Waals surface area contributed by atoms with Gasteiger partial charge in [-0.25, -0.2) is 13.6 Å². The summed E-state index contributed by atoms with van der Waals surface area (Å²) in [5.74, 6) is -3.46. The molecular weight excluding hydrogens is 375 g/mol. The molecule has 0 saturated heterocycles. The monoisotopic (exact) mass is 387 g/mol. The molecule has 1 N–H and O–H groups in total. The third-order valence-electron chi connectivity index (χ3n) is 3.41. The summed E-state index contributed by atoms with van der Waals surface area (Å²) >= 11 is 11.9. The van der Waals surface area contributed by atoms with E-state index in [1.54, 1.807) is 12.1 Å². The molecule has 0 aliphatic carbocycles. The van der Waals surface area contributed by atoms with Crippen molar-refractivity contribution in [1.29, 1.82) is 0 Å². The molecule has 0 aliphatic heterocycles. The Bertz CT molecular complexity index is 814. The van der Waals surface area contributed by atoms with E-state index in [-0.39, 0.29) is 6.42 Å². The first kappa shape index (κ1) is 19.1. The standard InChI is InChI=1S/C17H13Cl2F2NO3/c1-25-17(24)15(6-9-2-3-10(18)7-13(9)19)22-16(23)12-5-4-11(20)8-14(12)21/h2-5,7-8,15H,6H2,1H3,(H,22,23)/t15-/m0/s1. The molecule has 0 unspecified atom stereocenters. The van der Waals surface area contributed by atoms with Crippen LogP contribution in [0.5, 0.6) is 0 Å². The molecule has 0 fully saturated rings. The molecule has 8 heteroatoms. The highest BCUT2D eigenvalue weighted by Crippen LogP contribution is 2.22. The minimum atomic E-state index is -1.11. The van der Waals surface area contributed by atoms with Crippen LogP contribution in [0.4, 0.5) is 8.78 Å². The zero-order valence-electron chi connectivity index (χ0n) is 13.0. The van der Waals surface area contributed by atoms with E-state index in [1.165, 1.54) is 6.07 Å². The molecule has 0 bridgehead atoms. The number of hydrogen-bond donors (Lipinski definition) is 1. The van der Waals surface area contributed by atoms with Crippen molar-refractivity contribution in [3.63, 3.8) is 0 Å². The summed E-state index contributed by atoms with van der Waals surface area (Å²) in [5, 5.41) is 3.09. The van der Waals surface area contributed by atoms with Gasteiger partial charge in [-0.1, -0.05) is 29.3 Å². The van der Waals surface area contributed by atoms with Crippen molar-refractivity contribution in [1.82, 2.24) is 5.32 Å². The van der Waals surface area contributed by atoms with Crippen LogP contribution in [-0.2, 0) is 16.0 Å². The molecular formula is C17H13Cl2F2NO3. The number of amides is 1. The van der Waals surface area contributed by atoms with Gasteiger partial charge in [-0.3, -0.25) is 4.79 Å². The Morgan fingerprint density at radius 1 is 1.16 bits per heavy atom. The van der Waals surface area contributed by atoms with E-state index in [0.717, 1.165) is 19.2 Å². The van der Waals surface area contributed by atoms with Crippen LogP contribution in [0.15, 0.2) is 36.4 Å². The van der Waals surface area contributed by atoms with E-state index >= 15 is 0 Å². The van der Waals surface area contributed by atoms with Crippen molar-refractivity contribution < 1.29 is 23.1 Å². The SMILES string of the molecule is COC(=O)[C@H](Cc1ccc(Cl)cc1Cl)NC(=O)c1ccc(F)cc1F. The van der Waals surface area contributed by atoms with Gasteiger partial charge >= 0.3 is 5.97 Å². The lowest BCUT2D eigenvalue weighted by atomic mass is 10.0. The third kappa shape index (κ3) is 4.90. The molecule has 2 rings (SSSR count). The number of rotatable bonds is 5. The maximum atomic E-state index is 13.7. The fourth-order valence-corrected chi connectivity index (χ4v) is 2.64. The maximum absolute atomic E-state index is 13.7. The average molecular weight is 388 g/mol. The van der Waals surface area contributed by atoms with Gasteiger partial charge in [0.1, 0.15) is 17.7 Å². The summed E-state index contributed by atoms with van der Waals surface area (Å²) in [6.45, 7) is 0. The van der Waals surface area contributed by atoms with Crippen LogP contribution in [-0.4, -0.2) is 25.0 Å². The quantitative estimate of drug-likeness (QED) is 0.794. The van der Waals surface area contributed by atoms with Gasteiger partial charge in [0.2, 0.25) is 0 Å². The van der Waals surface area contributed by atoms with Crippen molar-refractivity contribution in [3.05, 3.63) is 69.2 Å². The molecule has 2 aromatic rings. The Balaban J connectivity index is 2.22. The number of esters is 1. The molecule has 0 saturated carbocycles. The first-order valence-corrected chi connectivity index (χ1v) is 7.85. The lowest BCUT2D eigenvalue weighted by Gasteiger charge is -2.17. The Morgan fingerprint density at radius 3 is 2.48 bits per heavy atom. The predicted molar refractivity (Wildman–Crippen MR) is 89.8 cm³/mol. The van der Waals surface area contributed by atoms with Gasteiger partial charge in [-0.05, 0) is 29.8 Å². The number of ether oxygens (including phenoxy) is 1. The molecule has 1 atom stereocenters. The zero-order chi connectivity index (χ0) is 18.6. The third-order valence-corrected chi connectivity index (χ3v) is 3.99. The zero-order valence-corrected chi connectivity index (χ0v) is 14.5.